The molecule has 100 valence electrons. The van der Waals surface area contributed by atoms with E-state index in [1.807, 2.05) is 0 Å². The standard InChI is InChI=1S/C15H23BrN2/c1-12-9-14(7-6-13(12)10-16)18(3)11-15-5-4-8-17(15)2/h6-7,9,15H,4-5,8,10-11H2,1-3H3. The Balaban J connectivity index is 2.04. The maximum Gasteiger partial charge on any atom is 0.0367 e. The molecule has 0 radical (unpaired) electrons. The van der Waals surface area contributed by atoms with Crippen LogP contribution in [0.25, 0.3) is 0 Å². The van der Waals surface area contributed by atoms with E-state index in [9.17, 15) is 0 Å². The lowest BCUT2D eigenvalue weighted by molar-refractivity contribution is 0.314. The van der Waals surface area contributed by atoms with E-state index in [4.69, 9.17) is 0 Å². The fourth-order valence-corrected chi connectivity index (χ4v) is 3.33. The second-order valence-corrected chi connectivity index (χ2v) is 5.96. The maximum atomic E-state index is 3.53. The molecule has 1 aromatic rings. The highest BCUT2D eigenvalue weighted by atomic mass is 79.9. The van der Waals surface area contributed by atoms with Gasteiger partial charge in [0.1, 0.15) is 0 Å². The molecule has 18 heavy (non-hydrogen) atoms. The van der Waals surface area contributed by atoms with Crippen molar-refractivity contribution in [1.82, 2.24) is 4.90 Å². The molecule has 1 fully saturated rings. The lowest BCUT2D eigenvalue weighted by Gasteiger charge is -2.27. The summed E-state index contributed by atoms with van der Waals surface area (Å²) >= 11 is 3.53. The number of anilines is 1. The predicted molar refractivity (Wildman–Crippen MR) is 82.7 cm³/mol. The predicted octanol–water partition coefficient (Wildman–Crippen LogP) is 3.42. The first-order chi connectivity index (χ1) is 8.61. The molecule has 1 heterocycles. The van der Waals surface area contributed by atoms with Crippen molar-refractivity contribution < 1.29 is 0 Å². The highest BCUT2D eigenvalue weighted by Crippen LogP contribution is 2.22. The molecule has 3 heteroatoms. The van der Waals surface area contributed by atoms with Crippen molar-refractivity contribution in [3.63, 3.8) is 0 Å². The lowest BCUT2D eigenvalue weighted by atomic mass is 10.1. The summed E-state index contributed by atoms with van der Waals surface area (Å²) in [5.41, 5.74) is 4.08. The van der Waals surface area contributed by atoms with Crippen molar-refractivity contribution in [2.45, 2.75) is 31.1 Å². The summed E-state index contributed by atoms with van der Waals surface area (Å²) in [4.78, 5) is 4.87. The topological polar surface area (TPSA) is 6.48 Å². The van der Waals surface area contributed by atoms with Crippen LogP contribution < -0.4 is 4.90 Å². The van der Waals surface area contributed by atoms with Crippen molar-refractivity contribution in [2.24, 2.45) is 0 Å². The summed E-state index contributed by atoms with van der Waals surface area (Å²) in [5.74, 6) is 0. The number of halogens is 1. The average molecular weight is 311 g/mol. The quantitative estimate of drug-likeness (QED) is 0.786. The molecule has 2 rings (SSSR count). The van der Waals surface area contributed by atoms with Gasteiger partial charge in [-0.15, -0.1) is 0 Å². The Morgan fingerprint density at radius 1 is 1.44 bits per heavy atom. The van der Waals surface area contributed by atoms with Crippen LogP contribution in [0.15, 0.2) is 18.2 Å². The van der Waals surface area contributed by atoms with E-state index in [1.165, 1.54) is 36.2 Å². The van der Waals surface area contributed by atoms with E-state index in [0.717, 1.165) is 11.9 Å². The molecule has 1 saturated heterocycles. The number of hydrogen-bond acceptors (Lipinski definition) is 2. The Labute approximate surface area is 119 Å². The zero-order valence-electron chi connectivity index (χ0n) is 11.6. The first-order valence-corrected chi connectivity index (χ1v) is 7.81. The number of likely N-dealkylation sites (tertiary alicyclic amines) is 1. The molecule has 2 nitrogen and oxygen atoms in total. The molecular weight excluding hydrogens is 288 g/mol. The van der Waals surface area contributed by atoms with Crippen LogP contribution in [-0.2, 0) is 5.33 Å². The van der Waals surface area contributed by atoms with Gasteiger partial charge >= 0.3 is 0 Å². The van der Waals surface area contributed by atoms with Crippen molar-refractivity contribution in [3.8, 4) is 0 Å². The Morgan fingerprint density at radius 3 is 2.78 bits per heavy atom. The maximum absolute atomic E-state index is 3.53. The molecule has 0 N–H and O–H groups in total. The fourth-order valence-electron chi connectivity index (χ4n) is 2.70. The molecule has 1 unspecified atom stereocenters. The molecule has 1 atom stereocenters. The van der Waals surface area contributed by atoms with Gasteiger partial charge in [-0.2, -0.15) is 0 Å². The second kappa shape index (κ2) is 6.07. The van der Waals surface area contributed by atoms with E-state index < -0.39 is 0 Å². The number of benzene rings is 1. The number of likely N-dealkylation sites (N-methyl/N-ethyl adjacent to an activating group) is 2. The molecular formula is C15H23BrN2. The van der Waals surface area contributed by atoms with E-state index in [0.29, 0.717) is 6.04 Å². The van der Waals surface area contributed by atoms with Gasteiger partial charge in [0.05, 0.1) is 0 Å². The number of aryl methyl sites for hydroxylation is 1. The van der Waals surface area contributed by atoms with Gasteiger partial charge in [0, 0.05) is 30.7 Å². The molecule has 0 amide bonds. The molecule has 1 aromatic carbocycles. The minimum atomic E-state index is 0.714. The van der Waals surface area contributed by atoms with E-state index in [-0.39, 0.29) is 0 Å². The summed E-state index contributed by atoms with van der Waals surface area (Å²) in [6, 6.07) is 7.48. The third-order valence-electron chi connectivity index (χ3n) is 4.07. The normalized spacial score (nSPS) is 20.3. The SMILES string of the molecule is Cc1cc(N(C)CC2CCCN2C)ccc1CBr. The smallest absolute Gasteiger partial charge is 0.0367 e. The largest absolute Gasteiger partial charge is 0.373 e. The van der Waals surface area contributed by atoms with E-state index in [2.05, 4.69) is 64.9 Å². The summed E-state index contributed by atoms with van der Waals surface area (Å²) in [5, 5.41) is 0.939. The molecule has 0 saturated carbocycles. The summed E-state index contributed by atoms with van der Waals surface area (Å²) < 4.78 is 0. The number of nitrogens with zero attached hydrogens (tertiary/aromatic N) is 2. The van der Waals surface area contributed by atoms with Gasteiger partial charge in [-0.25, -0.2) is 0 Å². The second-order valence-electron chi connectivity index (χ2n) is 5.40. The third kappa shape index (κ3) is 3.07. The van der Waals surface area contributed by atoms with Crippen molar-refractivity contribution in [3.05, 3.63) is 29.3 Å². The highest BCUT2D eigenvalue weighted by molar-refractivity contribution is 9.08. The Kier molecular flexibility index (Phi) is 4.68. The van der Waals surface area contributed by atoms with Gasteiger partial charge < -0.3 is 9.80 Å². The Bertz CT molecular complexity index is 405. The molecule has 1 aliphatic heterocycles. The van der Waals surface area contributed by atoms with Crippen LogP contribution >= 0.6 is 15.9 Å². The van der Waals surface area contributed by atoms with Gasteiger partial charge in [-0.05, 0) is 56.6 Å². The minimum absolute atomic E-state index is 0.714. The fraction of sp³-hybridized carbons (Fsp3) is 0.600. The zero-order chi connectivity index (χ0) is 13.1. The Morgan fingerprint density at radius 2 is 2.22 bits per heavy atom. The van der Waals surface area contributed by atoms with Crippen LogP contribution in [0.1, 0.15) is 24.0 Å². The molecule has 0 spiro atoms. The van der Waals surface area contributed by atoms with Crippen LogP contribution in [-0.4, -0.2) is 38.1 Å². The number of alkyl halides is 1. The van der Waals surface area contributed by atoms with Crippen molar-refractivity contribution in [2.75, 3.05) is 32.1 Å². The summed E-state index contributed by atoms with van der Waals surface area (Å²) in [6.45, 7) is 4.57. The van der Waals surface area contributed by atoms with E-state index >= 15 is 0 Å². The van der Waals surface area contributed by atoms with Gasteiger partial charge in [0.2, 0.25) is 0 Å². The third-order valence-corrected chi connectivity index (χ3v) is 4.67. The van der Waals surface area contributed by atoms with Gasteiger partial charge in [0.25, 0.3) is 0 Å². The van der Waals surface area contributed by atoms with Crippen molar-refractivity contribution in [1.29, 1.82) is 0 Å². The summed E-state index contributed by atoms with van der Waals surface area (Å²) in [6.07, 6.45) is 2.68. The lowest BCUT2D eigenvalue weighted by Crippen LogP contribution is -2.36. The van der Waals surface area contributed by atoms with Crippen LogP contribution in [0.4, 0.5) is 5.69 Å². The first-order valence-electron chi connectivity index (χ1n) is 6.68. The molecule has 1 aliphatic rings. The average Bonchev–Trinajstić information content (AvgIpc) is 2.75. The number of hydrogen-bond donors (Lipinski definition) is 0. The van der Waals surface area contributed by atoms with Crippen LogP contribution in [0.2, 0.25) is 0 Å². The first kappa shape index (κ1) is 13.9. The monoisotopic (exact) mass is 310 g/mol. The van der Waals surface area contributed by atoms with Crippen molar-refractivity contribution >= 4 is 21.6 Å². The molecule has 0 aliphatic carbocycles. The van der Waals surface area contributed by atoms with E-state index in [1.54, 1.807) is 0 Å². The van der Waals surface area contributed by atoms with Crippen LogP contribution in [0.3, 0.4) is 0 Å². The highest BCUT2D eigenvalue weighted by Gasteiger charge is 2.22. The van der Waals surface area contributed by atoms with Crippen LogP contribution in [0.5, 0.6) is 0 Å². The van der Waals surface area contributed by atoms with Crippen LogP contribution in [0, 0.1) is 6.92 Å². The summed E-state index contributed by atoms with van der Waals surface area (Å²) in [7, 11) is 4.44. The zero-order valence-corrected chi connectivity index (χ0v) is 13.2. The minimum Gasteiger partial charge on any atom is -0.373 e. The Hall–Kier alpha value is -0.540. The molecule has 0 aromatic heterocycles. The number of rotatable bonds is 4. The van der Waals surface area contributed by atoms with Gasteiger partial charge in [-0.3, -0.25) is 0 Å². The van der Waals surface area contributed by atoms with Gasteiger partial charge in [0.15, 0.2) is 0 Å². The molecule has 0 bridgehead atoms. The van der Waals surface area contributed by atoms with Gasteiger partial charge in [-0.1, -0.05) is 22.0 Å².